The number of benzene rings is 2. The Hall–Kier alpha value is -3.36. The number of pyridine rings is 1. The number of hydrogen-bond acceptors (Lipinski definition) is 4. The van der Waals surface area contributed by atoms with Crippen LogP contribution in [-0.4, -0.2) is 10.9 Å². The Morgan fingerprint density at radius 2 is 1.85 bits per heavy atom. The molecule has 2 N–H and O–H groups in total. The second-order valence-electron chi connectivity index (χ2n) is 5.66. The first kappa shape index (κ1) is 17.5. The molecule has 0 aliphatic heterocycles. The number of rotatable bonds is 4. The molecule has 1 aromatic heterocycles. The van der Waals surface area contributed by atoms with Gasteiger partial charge in [0.1, 0.15) is 5.69 Å². The van der Waals surface area contributed by atoms with E-state index in [1.165, 1.54) is 0 Å². The molecule has 3 aromatic rings. The lowest BCUT2D eigenvalue weighted by atomic mass is 10.2. The van der Waals surface area contributed by atoms with Crippen LogP contribution < -0.4 is 10.6 Å². The van der Waals surface area contributed by atoms with Gasteiger partial charge in [-0.1, -0.05) is 11.6 Å². The third kappa shape index (κ3) is 4.18. The Kier molecular flexibility index (Phi) is 5.16. The number of amides is 1. The van der Waals surface area contributed by atoms with E-state index < -0.39 is 0 Å². The van der Waals surface area contributed by atoms with Crippen LogP contribution in [0.2, 0.25) is 5.02 Å². The van der Waals surface area contributed by atoms with Crippen molar-refractivity contribution in [3.05, 3.63) is 82.6 Å². The van der Waals surface area contributed by atoms with Crippen LogP contribution in [0.1, 0.15) is 21.6 Å². The molecule has 128 valence electrons. The number of nitrogens with one attached hydrogen (secondary N) is 2. The number of carbonyl (C=O) groups is 1. The first-order valence-electron chi connectivity index (χ1n) is 7.86. The molecule has 0 radical (unpaired) electrons. The SMILES string of the molecule is Cc1cc(Cl)ccc1NC(=O)c1cc(Nc2ccc(C#N)cc2)ccn1. The molecule has 0 saturated heterocycles. The fourth-order valence-corrected chi connectivity index (χ4v) is 2.61. The summed E-state index contributed by atoms with van der Waals surface area (Å²) in [5, 5.41) is 15.5. The monoisotopic (exact) mass is 362 g/mol. The number of anilines is 3. The second-order valence-corrected chi connectivity index (χ2v) is 6.09. The molecule has 0 atom stereocenters. The fourth-order valence-electron chi connectivity index (χ4n) is 2.38. The lowest BCUT2D eigenvalue weighted by molar-refractivity contribution is 0.102. The quantitative estimate of drug-likeness (QED) is 0.691. The molecule has 0 bridgehead atoms. The highest BCUT2D eigenvalue weighted by Crippen LogP contribution is 2.21. The molecule has 0 saturated carbocycles. The topological polar surface area (TPSA) is 77.8 Å². The lowest BCUT2D eigenvalue weighted by Crippen LogP contribution is -2.14. The van der Waals surface area contributed by atoms with E-state index in [1.54, 1.807) is 60.8 Å². The van der Waals surface area contributed by atoms with Crippen molar-refractivity contribution >= 4 is 34.6 Å². The van der Waals surface area contributed by atoms with Gasteiger partial charge in [-0.3, -0.25) is 9.78 Å². The normalized spacial score (nSPS) is 10.0. The van der Waals surface area contributed by atoms with Crippen molar-refractivity contribution in [3.63, 3.8) is 0 Å². The van der Waals surface area contributed by atoms with Crippen molar-refractivity contribution < 1.29 is 4.79 Å². The first-order valence-corrected chi connectivity index (χ1v) is 8.24. The Morgan fingerprint density at radius 3 is 2.54 bits per heavy atom. The number of hydrogen-bond donors (Lipinski definition) is 2. The molecule has 1 heterocycles. The summed E-state index contributed by atoms with van der Waals surface area (Å²) >= 11 is 5.94. The molecule has 0 aliphatic rings. The minimum absolute atomic E-state index is 0.290. The van der Waals surface area contributed by atoms with Crippen LogP contribution in [0.25, 0.3) is 0 Å². The van der Waals surface area contributed by atoms with Crippen LogP contribution >= 0.6 is 11.6 Å². The molecule has 0 aliphatic carbocycles. The van der Waals surface area contributed by atoms with Crippen molar-refractivity contribution in [2.75, 3.05) is 10.6 Å². The van der Waals surface area contributed by atoms with E-state index in [1.807, 2.05) is 6.92 Å². The Bertz CT molecular complexity index is 993. The van der Waals surface area contributed by atoms with Crippen LogP contribution in [0.3, 0.4) is 0 Å². The maximum absolute atomic E-state index is 12.5. The van der Waals surface area contributed by atoms with E-state index in [-0.39, 0.29) is 11.6 Å². The summed E-state index contributed by atoms with van der Waals surface area (Å²) in [4.78, 5) is 16.6. The number of nitrogens with zero attached hydrogens (tertiary/aromatic N) is 2. The van der Waals surface area contributed by atoms with Crippen molar-refractivity contribution in [1.82, 2.24) is 4.98 Å². The summed E-state index contributed by atoms with van der Waals surface area (Å²) in [5.41, 5.74) is 3.98. The highest BCUT2D eigenvalue weighted by Gasteiger charge is 2.10. The summed E-state index contributed by atoms with van der Waals surface area (Å²) in [6.07, 6.45) is 1.57. The molecule has 5 nitrogen and oxygen atoms in total. The van der Waals surface area contributed by atoms with Crippen molar-refractivity contribution in [3.8, 4) is 6.07 Å². The number of nitriles is 1. The predicted molar refractivity (Wildman–Crippen MR) is 103 cm³/mol. The lowest BCUT2D eigenvalue weighted by Gasteiger charge is -2.10. The third-order valence-electron chi connectivity index (χ3n) is 3.73. The minimum atomic E-state index is -0.307. The van der Waals surface area contributed by atoms with E-state index in [9.17, 15) is 4.79 Å². The summed E-state index contributed by atoms with van der Waals surface area (Å²) in [7, 11) is 0. The minimum Gasteiger partial charge on any atom is -0.355 e. The Labute approximate surface area is 156 Å². The largest absolute Gasteiger partial charge is 0.355 e. The standard InChI is InChI=1S/C20H15ClN4O/c1-13-10-15(21)4-7-18(13)25-20(26)19-11-17(8-9-23-19)24-16-5-2-14(12-22)3-6-16/h2-11H,1H3,(H,23,24)(H,25,26). The zero-order valence-corrected chi connectivity index (χ0v) is 14.7. The van der Waals surface area contributed by atoms with Gasteiger partial charge >= 0.3 is 0 Å². The molecule has 0 spiro atoms. The zero-order valence-electron chi connectivity index (χ0n) is 14.0. The molecule has 26 heavy (non-hydrogen) atoms. The fraction of sp³-hybridized carbons (Fsp3) is 0.0500. The van der Waals surface area contributed by atoms with Gasteiger partial charge in [0.15, 0.2) is 0 Å². The summed E-state index contributed by atoms with van der Waals surface area (Å²) in [6, 6.07) is 17.8. The van der Waals surface area contributed by atoms with Crippen LogP contribution in [-0.2, 0) is 0 Å². The summed E-state index contributed by atoms with van der Waals surface area (Å²) in [6.45, 7) is 1.87. The zero-order chi connectivity index (χ0) is 18.5. The average Bonchev–Trinajstić information content (AvgIpc) is 2.65. The van der Waals surface area contributed by atoms with Crippen LogP contribution in [0.15, 0.2) is 60.8 Å². The highest BCUT2D eigenvalue weighted by atomic mass is 35.5. The number of aromatic nitrogens is 1. The van der Waals surface area contributed by atoms with Crippen molar-refractivity contribution in [2.24, 2.45) is 0 Å². The van der Waals surface area contributed by atoms with E-state index in [0.29, 0.717) is 16.3 Å². The van der Waals surface area contributed by atoms with Gasteiger partial charge in [-0.15, -0.1) is 0 Å². The molecular weight excluding hydrogens is 348 g/mol. The Balaban J connectivity index is 1.75. The van der Waals surface area contributed by atoms with Gasteiger partial charge in [0.05, 0.1) is 11.6 Å². The average molecular weight is 363 g/mol. The predicted octanol–water partition coefficient (Wildman–Crippen LogP) is 4.91. The van der Waals surface area contributed by atoms with Gasteiger partial charge in [-0.25, -0.2) is 0 Å². The molecular formula is C20H15ClN4O. The molecule has 2 aromatic carbocycles. The van der Waals surface area contributed by atoms with E-state index in [4.69, 9.17) is 16.9 Å². The molecule has 0 fully saturated rings. The van der Waals surface area contributed by atoms with Crippen LogP contribution in [0.5, 0.6) is 0 Å². The molecule has 0 unspecified atom stereocenters. The molecule has 6 heteroatoms. The van der Waals surface area contributed by atoms with E-state index in [0.717, 1.165) is 16.9 Å². The van der Waals surface area contributed by atoms with Crippen molar-refractivity contribution in [2.45, 2.75) is 6.92 Å². The van der Waals surface area contributed by atoms with Gasteiger partial charge in [0, 0.05) is 28.3 Å². The smallest absolute Gasteiger partial charge is 0.274 e. The van der Waals surface area contributed by atoms with Gasteiger partial charge in [0.2, 0.25) is 0 Å². The van der Waals surface area contributed by atoms with Gasteiger partial charge in [0.25, 0.3) is 5.91 Å². The number of carbonyl (C=O) groups excluding carboxylic acids is 1. The highest BCUT2D eigenvalue weighted by molar-refractivity contribution is 6.30. The van der Waals surface area contributed by atoms with Crippen LogP contribution in [0, 0.1) is 18.3 Å². The van der Waals surface area contributed by atoms with E-state index in [2.05, 4.69) is 21.7 Å². The third-order valence-corrected chi connectivity index (χ3v) is 3.97. The van der Waals surface area contributed by atoms with E-state index >= 15 is 0 Å². The Morgan fingerprint density at radius 1 is 1.08 bits per heavy atom. The summed E-state index contributed by atoms with van der Waals surface area (Å²) < 4.78 is 0. The maximum atomic E-state index is 12.5. The molecule has 3 rings (SSSR count). The molecule has 1 amide bonds. The van der Waals surface area contributed by atoms with Crippen molar-refractivity contribution in [1.29, 1.82) is 5.26 Å². The first-order chi connectivity index (χ1) is 12.5. The number of halogens is 1. The van der Waals surface area contributed by atoms with Gasteiger partial charge in [-0.2, -0.15) is 5.26 Å². The van der Waals surface area contributed by atoms with Gasteiger partial charge < -0.3 is 10.6 Å². The number of aryl methyl sites for hydroxylation is 1. The summed E-state index contributed by atoms with van der Waals surface area (Å²) in [5.74, 6) is -0.307. The maximum Gasteiger partial charge on any atom is 0.274 e. The van der Waals surface area contributed by atoms with Crippen LogP contribution in [0.4, 0.5) is 17.1 Å². The van der Waals surface area contributed by atoms with Gasteiger partial charge in [-0.05, 0) is 67.1 Å². The second kappa shape index (κ2) is 7.68.